The van der Waals surface area contributed by atoms with Crippen LogP contribution >= 0.6 is 0 Å². The molecular formula is C20H24N4O. The molecule has 0 saturated carbocycles. The molecule has 1 aromatic carbocycles. The number of amides is 1. The van der Waals surface area contributed by atoms with E-state index >= 15 is 0 Å². The highest BCUT2D eigenvalue weighted by Gasteiger charge is 2.25. The molecule has 0 radical (unpaired) electrons. The van der Waals surface area contributed by atoms with E-state index in [0.29, 0.717) is 6.54 Å². The second-order valence-corrected chi connectivity index (χ2v) is 6.91. The maximum absolute atomic E-state index is 12.8. The van der Waals surface area contributed by atoms with Crippen molar-refractivity contribution in [3.63, 3.8) is 0 Å². The number of benzene rings is 1. The van der Waals surface area contributed by atoms with Crippen molar-refractivity contribution in [1.82, 2.24) is 19.8 Å². The molecule has 5 heteroatoms. The Kier molecular flexibility index (Phi) is 4.49. The van der Waals surface area contributed by atoms with Gasteiger partial charge in [0.2, 0.25) is 5.91 Å². The summed E-state index contributed by atoms with van der Waals surface area (Å²) in [5.74, 6) is 1.11. The van der Waals surface area contributed by atoms with E-state index in [-0.39, 0.29) is 5.91 Å². The van der Waals surface area contributed by atoms with E-state index < -0.39 is 0 Å². The highest BCUT2D eigenvalue weighted by molar-refractivity contribution is 5.78. The van der Waals surface area contributed by atoms with E-state index in [9.17, 15) is 4.79 Å². The molecule has 0 N–H and O–H groups in total. The van der Waals surface area contributed by atoms with Crippen LogP contribution in [-0.2, 0) is 37.1 Å². The lowest BCUT2D eigenvalue weighted by molar-refractivity contribution is -0.133. The molecule has 2 aromatic rings. The number of fused-ring (bicyclic) bond motifs is 2. The SMILES string of the molecule is CCc1ncc2c(n1)CN(CC(=O)N1CCc3ccccc3C1)CC2. The van der Waals surface area contributed by atoms with Crippen LogP contribution in [0.15, 0.2) is 30.5 Å². The van der Waals surface area contributed by atoms with Gasteiger partial charge in [-0.25, -0.2) is 9.97 Å². The lowest BCUT2D eigenvalue weighted by atomic mass is 10.00. The van der Waals surface area contributed by atoms with Gasteiger partial charge in [0.25, 0.3) is 0 Å². The van der Waals surface area contributed by atoms with E-state index in [2.05, 4.69) is 46.1 Å². The fraction of sp³-hybridized carbons (Fsp3) is 0.450. The predicted molar refractivity (Wildman–Crippen MR) is 96.0 cm³/mol. The predicted octanol–water partition coefficient (Wildman–Crippen LogP) is 1.98. The minimum absolute atomic E-state index is 0.225. The van der Waals surface area contributed by atoms with Gasteiger partial charge in [0.05, 0.1) is 12.2 Å². The molecule has 0 spiro atoms. The highest BCUT2D eigenvalue weighted by atomic mass is 16.2. The summed E-state index contributed by atoms with van der Waals surface area (Å²) in [5, 5.41) is 0. The molecule has 2 aliphatic heterocycles. The average molecular weight is 336 g/mol. The Morgan fingerprint density at radius 2 is 1.88 bits per heavy atom. The molecule has 1 amide bonds. The number of aryl methyl sites for hydroxylation is 1. The van der Waals surface area contributed by atoms with Crippen molar-refractivity contribution in [2.24, 2.45) is 0 Å². The number of carbonyl (C=O) groups excluding carboxylic acids is 1. The van der Waals surface area contributed by atoms with Crippen molar-refractivity contribution in [3.05, 3.63) is 58.7 Å². The topological polar surface area (TPSA) is 49.3 Å². The fourth-order valence-electron chi connectivity index (χ4n) is 3.70. The molecule has 0 bridgehead atoms. The molecule has 25 heavy (non-hydrogen) atoms. The number of hydrogen-bond acceptors (Lipinski definition) is 4. The molecule has 130 valence electrons. The van der Waals surface area contributed by atoms with Crippen LogP contribution in [-0.4, -0.2) is 45.3 Å². The molecule has 3 heterocycles. The van der Waals surface area contributed by atoms with Gasteiger partial charge in [0.15, 0.2) is 0 Å². The first kappa shape index (κ1) is 16.2. The first-order valence-corrected chi connectivity index (χ1v) is 9.13. The summed E-state index contributed by atoms with van der Waals surface area (Å²) in [6.45, 7) is 5.76. The lowest BCUT2D eigenvalue weighted by Crippen LogP contribution is -2.44. The molecule has 0 unspecified atom stereocenters. The summed E-state index contributed by atoms with van der Waals surface area (Å²) in [7, 11) is 0. The van der Waals surface area contributed by atoms with Gasteiger partial charge in [0, 0.05) is 38.8 Å². The van der Waals surface area contributed by atoms with Gasteiger partial charge in [0.1, 0.15) is 5.82 Å². The van der Waals surface area contributed by atoms with Crippen molar-refractivity contribution in [2.45, 2.75) is 39.3 Å². The lowest BCUT2D eigenvalue weighted by Gasteiger charge is -2.32. The number of nitrogens with zero attached hydrogens (tertiary/aromatic N) is 4. The van der Waals surface area contributed by atoms with Crippen molar-refractivity contribution < 1.29 is 4.79 Å². The molecule has 0 saturated heterocycles. The summed E-state index contributed by atoms with van der Waals surface area (Å²) in [6, 6.07) is 8.44. The Balaban J connectivity index is 1.40. The van der Waals surface area contributed by atoms with E-state index in [1.807, 2.05) is 11.1 Å². The zero-order chi connectivity index (χ0) is 17.2. The van der Waals surface area contributed by atoms with Crippen LogP contribution in [0.4, 0.5) is 0 Å². The van der Waals surface area contributed by atoms with E-state index in [1.165, 1.54) is 16.7 Å². The van der Waals surface area contributed by atoms with E-state index in [1.54, 1.807) is 0 Å². The number of rotatable bonds is 3. The second-order valence-electron chi connectivity index (χ2n) is 6.91. The molecule has 2 aliphatic rings. The molecule has 0 fully saturated rings. The molecule has 4 rings (SSSR count). The van der Waals surface area contributed by atoms with Crippen molar-refractivity contribution in [1.29, 1.82) is 0 Å². The molecule has 0 aliphatic carbocycles. The molecular weight excluding hydrogens is 312 g/mol. The quantitative estimate of drug-likeness (QED) is 0.860. The number of aromatic nitrogens is 2. The first-order valence-electron chi connectivity index (χ1n) is 9.13. The van der Waals surface area contributed by atoms with Gasteiger partial charge in [-0.15, -0.1) is 0 Å². The van der Waals surface area contributed by atoms with Gasteiger partial charge in [-0.1, -0.05) is 31.2 Å². The van der Waals surface area contributed by atoms with Crippen LogP contribution in [0.25, 0.3) is 0 Å². The Labute approximate surface area is 148 Å². The van der Waals surface area contributed by atoms with Crippen LogP contribution in [0.2, 0.25) is 0 Å². The fourth-order valence-corrected chi connectivity index (χ4v) is 3.70. The van der Waals surface area contributed by atoms with Crippen LogP contribution in [0, 0.1) is 0 Å². The van der Waals surface area contributed by atoms with Gasteiger partial charge < -0.3 is 4.90 Å². The Morgan fingerprint density at radius 1 is 1.08 bits per heavy atom. The summed E-state index contributed by atoms with van der Waals surface area (Å²) >= 11 is 0. The summed E-state index contributed by atoms with van der Waals surface area (Å²) in [6.07, 6.45) is 4.69. The van der Waals surface area contributed by atoms with E-state index in [0.717, 1.165) is 57.0 Å². The normalized spacial score (nSPS) is 17.1. The zero-order valence-electron chi connectivity index (χ0n) is 14.7. The third-order valence-electron chi connectivity index (χ3n) is 5.23. The van der Waals surface area contributed by atoms with Gasteiger partial charge in [-0.2, -0.15) is 0 Å². The van der Waals surface area contributed by atoms with Crippen LogP contribution in [0.1, 0.15) is 35.1 Å². The van der Waals surface area contributed by atoms with E-state index in [4.69, 9.17) is 0 Å². The van der Waals surface area contributed by atoms with Gasteiger partial charge in [-0.05, 0) is 29.5 Å². The second kappa shape index (κ2) is 6.92. The monoisotopic (exact) mass is 336 g/mol. The first-order chi connectivity index (χ1) is 12.2. The number of carbonyl (C=O) groups is 1. The highest BCUT2D eigenvalue weighted by Crippen LogP contribution is 2.20. The van der Waals surface area contributed by atoms with Crippen molar-refractivity contribution in [3.8, 4) is 0 Å². The van der Waals surface area contributed by atoms with Crippen molar-refractivity contribution >= 4 is 5.91 Å². The summed E-state index contributed by atoms with van der Waals surface area (Å²) in [5.41, 5.74) is 4.98. The summed E-state index contributed by atoms with van der Waals surface area (Å²) < 4.78 is 0. The largest absolute Gasteiger partial charge is 0.337 e. The average Bonchev–Trinajstić information content (AvgIpc) is 2.67. The third-order valence-corrected chi connectivity index (χ3v) is 5.23. The summed E-state index contributed by atoms with van der Waals surface area (Å²) in [4.78, 5) is 26.0. The standard InChI is InChI=1S/C20H24N4O/c1-2-19-21-11-16-7-9-23(13-18(16)22-19)14-20(25)24-10-8-15-5-3-4-6-17(15)12-24/h3-6,11H,2,7-10,12-14H2,1H3. The third kappa shape index (κ3) is 3.42. The molecule has 0 atom stereocenters. The number of hydrogen-bond donors (Lipinski definition) is 0. The van der Waals surface area contributed by atoms with Crippen LogP contribution in [0.5, 0.6) is 0 Å². The Morgan fingerprint density at radius 3 is 2.72 bits per heavy atom. The smallest absolute Gasteiger partial charge is 0.237 e. The van der Waals surface area contributed by atoms with Crippen LogP contribution in [0.3, 0.4) is 0 Å². The molecule has 1 aromatic heterocycles. The van der Waals surface area contributed by atoms with Gasteiger partial charge in [-0.3, -0.25) is 9.69 Å². The zero-order valence-corrected chi connectivity index (χ0v) is 14.7. The maximum atomic E-state index is 12.8. The Bertz CT molecular complexity index is 789. The Hall–Kier alpha value is -2.27. The maximum Gasteiger partial charge on any atom is 0.237 e. The minimum Gasteiger partial charge on any atom is -0.337 e. The van der Waals surface area contributed by atoms with Crippen molar-refractivity contribution in [2.75, 3.05) is 19.6 Å². The molecule has 5 nitrogen and oxygen atoms in total. The van der Waals surface area contributed by atoms with Crippen LogP contribution < -0.4 is 0 Å². The minimum atomic E-state index is 0.225. The van der Waals surface area contributed by atoms with Gasteiger partial charge >= 0.3 is 0 Å².